The first kappa shape index (κ1) is 21.9. The zero-order valence-corrected chi connectivity index (χ0v) is 17.2. The van der Waals surface area contributed by atoms with Crippen molar-refractivity contribution in [2.45, 2.75) is 24.8 Å². The maximum Gasteiger partial charge on any atom is 0.453 e. The summed E-state index contributed by atoms with van der Waals surface area (Å²) in [5.74, 6) is -2.93. The van der Waals surface area contributed by atoms with Crippen molar-refractivity contribution in [3.05, 3.63) is 65.0 Å². The number of carbonyl (C=O) groups excluding carboxylic acids is 1. The van der Waals surface area contributed by atoms with Crippen LogP contribution in [0.4, 0.5) is 26.3 Å². The van der Waals surface area contributed by atoms with Crippen molar-refractivity contribution in [2.75, 3.05) is 6.54 Å². The third kappa shape index (κ3) is 3.47. The molecular formula is C19H14F6N8O. The highest BCUT2D eigenvalue weighted by Crippen LogP contribution is 2.37. The molecule has 4 aromatic rings. The highest BCUT2D eigenvalue weighted by Gasteiger charge is 2.42. The van der Waals surface area contributed by atoms with E-state index in [1.807, 2.05) is 0 Å². The number of amides is 1. The number of pyridine rings is 1. The Kier molecular flexibility index (Phi) is 4.70. The smallest absolute Gasteiger partial charge is 0.346 e. The van der Waals surface area contributed by atoms with E-state index in [9.17, 15) is 31.1 Å². The first-order chi connectivity index (χ1) is 15.9. The van der Waals surface area contributed by atoms with Crippen LogP contribution in [0.5, 0.6) is 0 Å². The molecule has 5 heterocycles. The van der Waals surface area contributed by atoms with Crippen LogP contribution in [-0.4, -0.2) is 51.7 Å². The lowest BCUT2D eigenvalue weighted by molar-refractivity contribution is -0.145. The predicted molar refractivity (Wildman–Crippen MR) is 101 cm³/mol. The summed E-state index contributed by atoms with van der Waals surface area (Å²) in [5.41, 5.74) is -0.114. The molecule has 0 saturated heterocycles. The predicted octanol–water partition coefficient (Wildman–Crippen LogP) is 3.01. The lowest BCUT2D eigenvalue weighted by Gasteiger charge is -2.33. The molecule has 1 aliphatic heterocycles. The lowest BCUT2D eigenvalue weighted by atomic mass is 9.99. The van der Waals surface area contributed by atoms with Gasteiger partial charge in [-0.2, -0.15) is 36.4 Å². The third-order valence-electron chi connectivity index (χ3n) is 5.50. The average molecular weight is 484 g/mol. The molecule has 0 radical (unpaired) electrons. The molecular weight excluding hydrogens is 470 g/mol. The highest BCUT2D eigenvalue weighted by molar-refractivity contribution is 5.91. The van der Waals surface area contributed by atoms with Gasteiger partial charge in [0, 0.05) is 26.2 Å². The summed E-state index contributed by atoms with van der Waals surface area (Å²) in [7, 11) is 1.15. The average Bonchev–Trinajstić information content (AvgIpc) is 3.48. The van der Waals surface area contributed by atoms with Crippen LogP contribution in [0.1, 0.15) is 45.1 Å². The molecule has 9 nitrogen and oxygen atoms in total. The summed E-state index contributed by atoms with van der Waals surface area (Å²) in [4.78, 5) is 24.9. The van der Waals surface area contributed by atoms with E-state index in [0.717, 1.165) is 22.3 Å². The Bertz CT molecular complexity index is 1400. The van der Waals surface area contributed by atoms with Crippen molar-refractivity contribution < 1.29 is 31.1 Å². The van der Waals surface area contributed by atoms with E-state index < -0.39 is 41.5 Å². The number of hydrogen-bond acceptors (Lipinski definition) is 5. The molecule has 15 heteroatoms. The van der Waals surface area contributed by atoms with Gasteiger partial charge in [-0.05, 0) is 18.2 Å². The molecule has 5 rings (SSSR count). The molecule has 0 aromatic carbocycles. The van der Waals surface area contributed by atoms with Crippen LogP contribution in [0, 0.1) is 0 Å². The van der Waals surface area contributed by atoms with E-state index in [1.165, 1.54) is 29.6 Å². The molecule has 1 atom stereocenters. The number of nitrogens with zero attached hydrogens (tertiary/aromatic N) is 7. The van der Waals surface area contributed by atoms with Crippen LogP contribution >= 0.6 is 0 Å². The minimum atomic E-state index is -4.86. The van der Waals surface area contributed by atoms with Crippen LogP contribution in [0.3, 0.4) is 0 Å². The lowest BCUT2D eigenvalue weighted by Crippen LogP contribution is -2.42. The van der Waals surface area contributed by atoms with Crippen molar-refractivity contribution in [2.24, 2.45) is 7.05 Å². The number of hydrogen-bond donors (Lipinski definition) is 1. The van der Waals surface area contributed by atoms with E-state index in [2.05, 4.69) is 25.1 Å². The number of aromatic nitrogens is 7. The minimum absolute atomic E-state index is 0.0234. The number of aryl methyl sites for hydroxylation is 1. The van der Waals surface area contributed by atoms with Gasteiger partial charge in [0.15, 0.2) is 0 Å². The fourth-order valence-electron chi connectivity index (χ4n) is 4.03. The number of halogens is 6. The van der Waals surface area contributed by atoms with E-state index in [1.54, 1.807) is 0 Å². The van der Waals surface area contributed by atoms with E-state index in [4.69, 9.17) is 0 Å². The second kappa shape index (κ2) is 7.30. The molecule has 4 aromatic heterocycles. The molecule has 0 aliphatic carbocycles. The van der Waals surface area contributed by atoms with E-state index in [0.29, 0.717) is 11.4 Å². The Morgan fingerprint density at radius 2 is 1.91 bits per heavy atom. The highest BCUT2D eigenvalue weighted by atomic mass is 19.4. The number of imidazole rings is 1. The van der Waals surface area contributed by atoms with Gasteiger partial charge in [-0.1, -0.05) is 0 Å². The normalized spacial score (nSPS) is 16.8. The minimum Gasteiger partial charge on any atom is -0.346 e. The van der Waals surface area contributed by atoms with Gasteiger partial charge < -0.3 is 9.88 Å². The van der Waals surface area contributed by atoms with Crippen molar-refractivity contribution in [3.63, 3.8) is 0 Å². The standard InChI is InChI=1S/C19H14F6N8O/c1-31-15(28-17(30-31)19(23,24)25)16(34)32-6-4-10-13(27-8-26-10)14(32)11-7-12-9(18(20,21)22)3-2-5-33(12)29-11/h2-3,5,7-8,14H,4,6H2,1H3,(H,26,27)/t14-/m0/s1. The van der Waals surface area contributed by atoms with Gasteiger partial charge in [0.05, 0.1) is 34.5 Å². The number of carbonyl (C=O) groups is 1. The van der Waals surface area contributed by atoms with E-state index >= 15 is 0 Å². The summed E-state index contributed by atoms with van der Waals surface area (Å²) < 4.78 is 81.4. The van der Waals surface area contributed by atoms with Gasteiger partial charge >= 0.3 is 12.4 Å². The van der Waals surface area contributed by atoms with Crippen molar-refractivity contribution in [1.82, 2.24) is 39.2 Å². The Labute approximate surface area is 186 Å². The molecule has 1 amide bonds. The second-order valence-electron chi connectivity index (χ2n) is 7.61. The Morgan fingerprint density at radius 3 is 2.59 bits per heavy atom. The summed E-state index contributed by atoms with van der Waals surface area (Å²) in [5, 5.41) is 7.51. The van der Waals surface area contributed by atoms with Crippen LogP contribution in [0.15, 0.2) is 30.7 Å². The fraction of sp³-hybridized carbons (Fsp3) is 0.316. The molecule has 0 saturated carbocycles. The van der Waals surface area contributed by atoms with Crippen molar-refractivity contribution >= 4 is 11.4 Å². The molecule has 0 fully saturated rings. The fourth-order valence-corrected chi connectivity index (χ4v) is 4.03. The SMILES string of the molecule is Cn1nc(C(F)(F)F)nc1C(=O)N1CCc2nc[nH]c2[C@@H]1c1cc2c(C(F)(F)F)cccn2n1. The first-order valence-electron chi connectivity index (χ1n) is 9.82. The van der Waals surface area contributed by atoms with Gasteiger partial charge in [0.2, 0.25) is 5.82 Å². The van der Waals surface area contributed by atoms with Gasteiger partial charge in [0.25, 0.3) is 11.7 Å². The maximum absolute atomic E-state index is 13.5. The van der Waals surface area contributed by atoms with Crippen LogP contribution in [-0.2, 0) is 25.8 Å². The molecule has 1 aliphatic rings. The van der Waals surface area contributed by atoms with Crippen molar-refractivity contribution in [3.8, 4) is 0 Å². The van der Waals surface area contributed by atoms with Gasteiger partial charge in [-0.25, -0.2) is 14.2 Å². The maximum atomic E-state index is 13.5. The quantitative estimate of drug-likeness (QED) is 0.442. The number of aromatic amines is 1. The second-order valence-corrected chi connectivity index (χ2v) is 7.61. The molecule has 1 N–H and O–H groups in total. The molecule has 34 heavy (non-hydrogen) atoms. The van der Waals surface area contributed by atoms with E-state index in [-0.39, 0.29) is 24.2 Å². The van der Waals surface area contributed by atoms with Crippen LogP contribution < -0.4 is 0 Å². The number of H-pyrrole nitrogens is 1. The summed E-state index contributed by atoms with van der Waals surface area (Å²) in [6.07, 6.45) is -6.54. The topological polar surface area (TPSA) is 97.0 Å². The van der Waals surface area contributed by atoms with Gasteiger partial charge in [-0.3, -0.25) is 4.79 Å². The Hall–Kier alpha value is -3.91. The van der Waals surface area contributed by atoms with Gasteiger partial charge in [-0.15, -0.1) is 5.10 Å². The monoisotopic (exact) mass is 484 g/mol. The number of nitrogens with one attached hydrogen (secondary N) is 1. The largest absolute Gasteiger partial charge is 0.453 e. The summed E-state index contributed by atoms with van der Waals surface area (Å²) in [6.45, 7) is 0.0234. The number of rotatable bonds is 2. The zero-order chi connectivity index (χ0) is 24.4. The number of alkyl halides is 6. The third-order valence-corrected chi connectivity index (χ3v) is 5.50. The molecule has 0 spiro atoms. The zero-order valence-electron chi connectivity index (χ0n) is 17.2. The first-order valence-corrected chi connectivity index (χ1v) is 9.82. The number of fused-ring (bicyclic) bond motifs is 2. The van der Waals surface area contributed by atoms with Crippen LogP contribution in [0.25, 0.3) is 5.52 Å². The Morgan fingerprint density at radius 1 is 1.15 bits per heavy atom. The Balaban J connectivity index is 1.63. The summed E-state index contributed by atoms with van der Waals surface area (Å²) in [6, 6.07) is 2.26. The molecule has 178 valence electrons. The van der Waals surface area contributed by atoms with Crippen LogP contribution in [0.2, 0.25) is 0 Å². The van der Waals surface area contributed by atoms with Crippen molar-refractivity contribution in [1.29, 1.82) is 0 Å². The molecule has 0 unspecified atom stereocenters. The molecule has 0 bridgehead atoms. The summed E-state index contributed by atoms with van der Waals surface area (Å²) >= 11 is 0. The van der Waals surface area contributed by atoms with Gasteiger partial charge in [0.1, 0.15) is 6.04 Å².